The average molecular weight is 262 g/mol. The van der Waals surface area contributed by atoms with Crippen LogP contribution in [0, 0.1) is 23.5 Å². The van der Waals surface area contributed by atoms with Gasteiger partial charge in [-0.15, -0.1) is 0 Å². The molecule has 0 heterocycles. The van der Waals surface area contributed by atoms with Gasteiger partial charge in [-0.25, -0.2) is 8.78 Å². The summed E-state index contributed by atoms with van der Waals surface area (Å²) < 4.78 is 27.0. The Kier molecular flexibility index (Phi) is 3.42. The van der Waals surface area contributed by atoms with E-state index >= 15 is 0 Å². The zero-order valence-electron chi connectivity index (χ0n) is 11.2. The molecule has 2 fully saturated rings. The Labute approximate surface area is 113 Å². The Morgan fingerprint density at radius 1 is 0.947 bits per heavy atom. The van der Waals surface area contributed by atoms with E-state index in [1.54, 1.807) is 12.1 Å². The Hall–Kier alpha value is -1.18. The van der Waals surface area contributed by atoms with Gasteiger partial charge >= 0.3 is 0 Å². The van der Waals surface area contributed by atoms with Gasteiger partial charge in [-0.05, 0) is 67.9 Å². The second-order valence-corrected chi connectivity index (χ2v) is 6.17. The molecule has 0 N–H and O–H groups in total. The fourth-order valence-electron chi connectivity index (χ4n) is 3.75. The molecule has 19 heavy (non-hydrogen) atoms. The van der Waals surface area contributed by atoms with Crippen molar-refractivity contribution in [2.75, 3.05) is 0 Å². The molecule has 0 nitrogen and oxygen atoms in total. The van der Waals surface area contributed by atoms with Gasteiger partial charge in [0.05, 0.1) is 0 Å². The molecule has 0 aliphatic heterocycles. The van der Waals surface area contributed by atoms with Gasteiger partial charge in [0, 0.05) is 0 Å². The number of hydrogen-bond acceptors (Lipinski definition) is 0. The highest BCUT2D eigenvalue weighted by atomic mass is 19.2. The molecule has 1 aromatic carbocycles. The Morgan fingerprint density at radius 2 is 1.63 bits per heavy atom. The van der Waals surface area contributed by atoms with Gasteiger partial charge in [-0.3, -0.25) is 0 Å². The van der Waals surface area contributed by atoms with Gasteiger partial charge in [0.15, 0.2) is 11.6 Å². The Bertz CT molecular complexity index is 476. The fraction of sp³-hybridized carbons (Fsp3) is 0.529. The topological polar surface area (TPSA) is 0 Å². The molecule has 0 atom stereocenters. The van der Waals surface area contributed by atoms with Crippen molar-refractivity contribution in [3.05, 3.63) is 47.5 Å². The summed E-state index contributed by atoms with van der Waals surface area (Å²) in [6.07, 6.45) is 6.66. The van der Waals surface area contributed by atoms with Gasteiger partial charge < -0.3 is 0 Å². The van der Waals surface area contributed by atoms with Crippen LogP contribution in [0.4, 0.5) is 8.78 Å². The first-order valence-corrected chi connectivity index (χ1v) is 7.25. The minimum Gasteiger partial charge on any atom is -0.204 e. The quantitative estimate of drug-likeness (QED) is 0.642. The van der Waals surface area contributed by atoms with Crippen molar-refractivity contribution >= 4 is 0 Å². The number of halogens is 2. The molecule has 0 bridgehead atoms. The third-order valence-corrected chi connectivity index (χ3v) is 4.96. The van der Waals surface area contributed by atoms with Gasteiger partial charge in [-0.1, -0.05) is 24.3 Å². The van der Waals surface area contributed by atoms with Crippen LogP contribution in [0.1, 0.15) is 50.0 Å². The second-order valence-electron chi connectivity index (χ2n) is 6.17. The van der Waals surface area contributed by atoms with Crippen LogP contribution in [0.5, 0.6) is 0 Å². The summed E-state index contributed by atoms with van der Waals surface area (Å²) in [4.78, 5) is 0. The number of rotatable bonds is 2. The van der Waals surface area contributed by atoms with Crippen LogP contribution >= 0.6 is 0 Å². The van der Waals surface area contributed by atoms with Crippen molar-refractivity contribution in [2.45, 2.75) is 44.4 Å². The minimum absolute atomic E-state index is 0.204. The van der Waals surface area contributed by atoms with E-state index in [-0.39, 0.29) is 5.92 Å². The molecule has 0 amide bonds. The summed E-state index contributed by atoms with van der Waals surface area (Å²) >= 11 is 0. The zero-order chi connectivity index (χ0) is 13.4. The molecule has 2 aliphatic carbocycles. The molecule has 0 saturated heterocycles. The van der Waals surface area contributed by atoms with E-state index in [0.717, 1.165) is 37.5 Å². The molecule has 3 rings (SSSR count). The molecule has 0 radical (unpaired) electrons. The standard InChI is InChI=1S/C17H20F2/c1-11-9-14(10-11)12-5-7-13(8-6-12)15-3-2-4-16(18)17(15)19/h2-4,12-14H,1,5-10H2. The van der Waals surface area contributed by atoms with Crippen LogP contribution in [0.15, 0.2) is 30.4 Å². The SMILES string of the molecule is C=C1CC(C2CCC(c3cccc(F)c3F)CC2)C1. The van der Waals surface area contributed by atoms with Crippen LogP contribution in [-0.4, -0.2) is 0 Å². The first-order chi connectivity index (χ1) is 9.15. The molecule has 2 saturated carbocycles. The predicted molar refractivity (Wildman–Crippen MR) is 72.9 cm³/mol. The zero-order valence-corrected chi connectivity index (χ0v) is 11.2. The van der Waals surface area contributed by atoms with E-state index in [0.29, 0.717) is 5.56 Å². The van der Waals surface area contributed by atoms with E-state index in [1.165, 1.54) is 24.5 Å². The van der Waals surface area contributed by atoms with Crippen molar-refractivity contribution in [1.82, 2.24) is 0 Å². The maximum Gasteiger partial charge on any atom is 0.162 e. The molecule has 2 heteroatoms. The normalized spacial score (nSPS) is 28.2. The van der Waals surface area contributed by atoms with Gasteiger partial charge in [-0.2, -0.15) is 0 Å². The van der Waals surface area contributed by atoms with Crippen LogP contribution in [0.2, 0.25) is 0 Å². The Morgan fingerprint density at radius 3 is 2.26 bits per heavy atom. The maximum absolute atomic E-state index is 13.8. The average Bonchev–Trinajstić information content (AvgIpc) is 2.39. The number of hydrogen-bond donors (Lipinski definition) is 0. The highest BCUT2D eigenvalue weighted by Gasteiger charge is 2.33. The third-order valence-electron chi connectivity index (χ3n) is 4.96. The van der Waals surface area contributed by atoms with Crippen LogP contribution in [0.25, 0.3) is 0 Å². The molecular formula is C17H20F2. The van der Waals surface area contributed by atoms with Crippen molar-refractivity contribution in [3.8, 4) is 0 Å². The van der Waals surface area contributed by atoms with E-state index in [2.05, 4.69) is 6.58 Å². The maximum atomic E-state index is 13.8. The summed E-state index contributed by atoms with van der Waals surface area (Å²) in [7, 11) is 0. The van der Waals surface area contributed by atoms with E-state index in [4.69, 9.17) is 0 Å². The van der Waals surface area contributed by atoms with Crippen molar-refractivity contribution in [3.63, 3.8) is 0 Å². The first kappa shape index (κ1) is 12.8. The summed E-state index contributed by atoms with van der Waals surface area (Å²) in [5.74, 6) is 0.442. The van der Waals surface area contributed by atoms with Crippen molar-refractivity contribution in [2.24, 2.45) is 11.8 Å². The summed E-state index contributed by atoms with van der Waals surface area (Å²) in [6.45, 7) is 4.00. The van der Waals surface area contributed by atoms with Gasteiger partial charge in [0.25, 0.3) is 0 Å². The third kappa shape index (κ3) is 2.45. The molecule has 102 valence electrons. The first-order valence-electron chi connectivity index (χ1n) is 7.25. The molecular weight excluding hydrogens is 242 g/mol. The van der Waals surface area contributed by atoms with Gasteiger partial charge in [0.1, 0.15) is 0 Å². The fourth-order valence-corrected chi connectivity index (χ4v) is 3.75. The van der Waals surface area contributed by atoms with Crippen molar-refractivity contribution in [1.29, 1.82) is 0 Å². The lowest BCUT2D eigenvalue weighted by atomic mass is 9.66. The largest absolute Gasteiger partial charge is 0.204 e. The lowest BCUT2D eigenvalue weighted by Gasteiger charge is -2.39. The minimum atomic E-state index is -0.713. The Balaban J connectivity index is 1.63. The van der Waals surface area contributed by atoms with E-state index in [9.17, 15) is 8.78 Å². The lowest BCUT2D eigenvalue weighted by molar-refractivity contribution is 0.194. The molecule has 1 aromatic rings. The lowest BCUT2D eigenvalue weighted by Crippen LogP contribution is -2.27. The van der Waals surface area contributed by atoms with Crippen LogP contribution in [-0.2, 0) is 0 Å². The summed E-state index contributed by atoms with van der Waals surface area (Å²) in [5, 5.41) is 0. The van der Waals surface area contributed by atoms with E-state index < -0.39 is 11.6 Å². The molecule has 2 aliphatic rings. The highest BCUT2D eigenvalue weighted by Crippen LogP contribution is 2.46. The highest BCUT2D eigenvalue weighted by molar-refractivity contribution is 5.23. The summed E-state index contributed by atoms with van der Waals surface area (Å²) in [5.41, 5.74) is 1.96. The predicted octanol–water partition coefficient (Wildman–Crippen LogP) is 5.20. The van der Waals surface area contributed by atoms with Crippen molar-refractivity contribution < 1.29 is 8.78 Å². The smallest absolute Gasteiger partial charge is 0.162 e. The van der Waals surface area contributed by atoms with Crippen LogP contribution < -0.4 is 0 Å². The number of allylic oxidation sites excluding steroid dienone is 1. The second kappa shape index (κ2) is 5.07. The monoisotopic (exact) mass is 262 g/mol. The molecule has 0 aromatic heterocycles. The molecule has 0 unspecified atom stereocenters. The summed E-state index contributed by atoms with van der Waals surface area (Å²) in [6, 6.07) is 4.56. The molecule has 0 spiro atoms. The van der Waals surface area contributed by atoms with E-state index in [1.807, 2.05) is 0 Å². The van der Waals surface area contributed by atoms with Crippen LogP contribution in [0.3, 0.4) is 0 Å². The number of benzene rings is 1. The van der Waals surface area contributed by atoms with Gasteiger partial charge in [0.2, 0.25) is 0 Å².